The fourth-order valence-corrected chi connectivity index (χ4v) is 2.11. The summed E-state index contributed by atoms with van der Waals surface area (Å²) in [5.74, 6) is -0.365. The number of primary amides is 1. The third-order valence-electron chi connectivity index (χ3n) is 2.91. The Morgan fingerprint density at radius 1 is 1.25 bits per heavy atom. The molecule has 0 unspecified atom stereocenters. The van der Waals surface area contributed by atoms with Crippen LogP contribution in [-0.4, -0.2) is 11.9 Å². The fourth-order valence-electron chi connectivity index (χ4n) is 2.11. The van der Waals surface area contributed by atoms with Gasteiger partial charge in [0.05, 0.1) is 5.56 Å². The predicted octanol–water partition coefficient (Wildman–Crippen LogP) is 2.56. The van der Waals surface area contributed by atoms with Crippen molar-refractivity contribution < 1.29 is 4.79 Å². The lowest BCUT2D eigenvalue weighted by molar-refractivity contribution is 0.100. The molecule has 16 heavy (non-hydrogen) atoms. The summed E-state index contributed by atoms with van der Waals surface area (Å²) in [4.78, 5) is 11.2. The first-order chi connectivity index (χ1) is 7.27. The van der Waals surface area contributed by atoms with E-state index in [4.69, 9.17) is 5.73 Å². The SMILES string of the molecule is Cl.NC(=O)c1ccccc1NC1CCCC1. The van der Waals surface area contributed by atoms with Crippen molar-refractivity contribution in [1.82, 2.24) is 0 Å². The summed E-state index contributed by atoms with van der Waals surface area (Å²) >= 11 is 0. The highest BCUT2D eigenvalue weighted by atomic mass is 35.5. The molecule has 3 nitrogen and oxygen atoms in total. The Bertz CT molecular complexity index is 362. The van der Waals surface area contributed by atoms with E-state index in [1.54, 1.807) is 6.07 Å². The minimum absolute atomic E-state index is 0. The van der Waals surface area contributed by atoms with Crippen molar-refractivity contribution in [3.05, 3.63) is 29.8 Å². The molecular weight excluding hydrogens is 224 g/mol. The minimum Gasteiger partial charge on any atom is -0.382 e. The van der Waals surface area contributed by atoms with Crippen LogP contribution in [-0.2, 0) is 0 Å². The van der Waals surface area contributed by atoms with E-state index < -0.39 is 0 Å². The van der Waals surface area contributed by atoms with Gasteiger partial charge in [0.2, 0.25) is 0 Å². The molecule has 0 heterocycles. The van der Waals surface area contributed by atoms with E-state index >= 15 is 0 Å². The van der Waals surface area contributed by atoms with Crippen molar-refractivity contribution in [2.75, 3.05) is 5.32 Å². The molecule has 0 saturated heterocycles. The lowest BCUT2D eigenvalue weighted by Gasteiger charge is -2.15. The van der Waals surface area contributed by atoms with Gasteiger partial charge >= 0.3 is 0 Å². The summed E-state index contributed by atoms with van der Waals surface area (Å²) in [6.45, 7) is 0. The third kappa shape index (κ3) is 2.89. The molecular formula is C12H17ClN2O. The molecule has 0 atom stereocenters. The maximum atomic E-state index is 11.2. The molecule has 1 aliphatic carbocycles. The molecule has 0 aliphatic heterocycles. The fraction of sp³-hybridized carbons (Fsp3) is 0.417. The monoisotopic (exact) mass is 240 g/mol. The van der Waals surface area contributed by atoms with E-state index in [9.17, 15) is 4.79 Å². The lowest BCUT2D eigenvalue weighted by atomic mass is 10.1. The minimum atomic E-state index is -0.365. The standard InChI is InChI=1S/C12H16N2O.ClH/c13-12(15)10-7-3-4-8-11(10)14-9-5-1-2-6-9;/h3-4,7-9,14H,1-2,5-6H2,(H2,13,15);1H. The predicted molar refractivity (Wildman–Crippen MR) is 68.1 cm³/mol. The molecule has 1 aliphatic rings. The van der Waals surface area contributed by atoms with Crippen LogP contribution in [0.5, 0.6) is 0 Å². The Morgan fingerprint density at radius 2 is 1.88 bits per heavy atom. The molecule has 0 spiro atoms. The molecule has 1 aromatic carbocycles. The van der Waals surface area contributed by atoms with Crippen molar-refractivity contribution in [1.29, 1.82) is 0 Å². The van der Waals surface area contributed by atoms with Gasteiger partial charge in [-0.05, 0) is 25.0 Å². The summed E-state index contributed by atoms with van der Waals surface area (Å²) < 4.78 is 0. The van der Waals surface area contributed by atoms with Gasteiger partial charge in [0.1, 0.15) is 0 Å². The van der Waals surface area contributed by atoms with Gasteiger partial charge in [-0.1, -0.05) is 25.0 Å². The Morgan fingerprint density at radius 3 is 2.50 bits per heavy atom. The molecule has 0 bridgehead atoms. The molecule has 1 aromatic rings. The number of nitrogens with one attached hydrogen (secondary N) is 1. The summed E-state index contributed by atoms with van der Waals surface area (Å²) in [5.41, 5.74) is 6.77. The van der Waals surface area contributed by atoms with Crippen molar-refractivity contribution in [3.63, 3.8) is 0 Å². The molecule has 4 heteroatoms. The molecule has 3 N–H and O–H groups in total. The normalized spacial score (nSPS) is 15.5. The Hall–Kier alpha value is -1.22. The van der Waals surface area contributed by atoms with Crippen LogP contribution < -0.4 is 11.1 Å². The number of hydrogen-bond acceptors (Lipinski definition) is 2. The Balaban J connectivity index is 0.00000128. The first-order valence-electron chi connectivity index (χ1n) is 5.43. The van der Waals surface area contributed by atoms with Crippen molar-refractivity contribution in [3.8, 4) is 0 Å². The first-order valence-corrected chi connectivity index (χ1v) is 5.43. The van der Waals surface area contributed by atoms with Crippen LogP contribution in [0, 0.1) is 0 Å². The molecule has 1 amide bonds. The number of amides is 1. The van der Waals surface area contributed by atoms with Gasteiger partial charge in [-0.25, -0.2) is 0 Å². The first kappa shape index (κ1) is 12.8. The Kier molecular flexibility index (Phi) is 4.62. The molecule has 1 fully saturated rings. The third-order valence-corrected chi connectivity index (χ3v) is 2.91. The van der Waals surface area contributed by atoms with Gasteiger partial charge < -0.3 is 11.1 Å². The summed E-state index contributed by atoms with van der Waals surface area (Å²) in [5, 5.41) is 3.39. The quantitative estimate of drug-likeness (QED) is 0.853. The number of carbonyl (C=O) groups is 1. The summed E-state index contributed by atoms with van der Waals surface area (Å²) in [6.07, 6.45) is 4.92. The van der Waals surface area contributed by atoms with Crippen LogP contribution in [0.1, 0.15) is 36.0 Å². The van der Waals surface area contributed by atoms with Crippen molar-refractivity contribution in [2.24, 2.45) is 5.73 Å². The smallest absolute Gasteiger partial charge is 0.250 e. The largest absolute Gasteiger partial charge is 0.382 e. The van der Waals surface area contributed by atoms with E-state index in [0.29, 0.717) is 11.6 Å². The number of para-hydroxylation sites is 1. The van der Waals surface area contributed by atoms with Crippen LogP contribution in [0.15, 0.2) is 24.3 Å². The second kappa shape index (κ2) is 5.75. The molecule has 88 valence electrons. The number of rotatable bonds is 3. The lowest BCUT2D eigenvalue weighted by Crippen LogP contribution is -2.19. The van der Waals surface area contributed by atoms with Crippen LogP contribution in [0.2, 0.25) is 0 Å². The summed E-state index contributed by atoms with van der Waals surface area (Å²) in [7, 11) is 0. The second-order valence-corrected chi connectivity index (χ2v) is 4.04. The average Bonchev–Trinajstić information content (AvgIpc) is 2.71. The number of benzene rings is 1. The van der Waals surface area contributed by atoms with Crippen LogP contribution >= 0.6 is 12.4 Å². The van der Waals surface area contributed by atoms with Gasteiger partial charge in [0.15, 0.2) is 0 Å². The Labute approximate surface area is 102 Å². The number of carbonyl (C=O) groups excluding carboxylic acids is 1. The highest BCUT2D eigenvalue weighted by Gasteiger charge is 2.16. The van der Waals surface area contributed by atoms with E-state index in [1.807, 2.05) is 18.2 Å². The number of anilines is 1. The highest BCUT2D eigenvalue weighted by molar-refractivity contribution is 5.98. The zero-order valence-corrected chi connectivity index (χ0v) is 9.93. The molecule has 2 rings (SSSR count). The number of nitrogens with two attached hydrogens (primary N) is 1. The van der Waals surface area contributed by atoms with Gasteiger partial charge in [-0.15, -0.1) is 12.4 Å². The number of hydrogen-bond donors (Lipinski definition) is 2. The van der Waals surface area contributed by atoms with Gasteiger partial charge in [-0.2, -0.15) is 0 Å². The van der Waals surface area contributed by atoms with E-state index in [-0.39, 0.29) is 18.3 Å². The zero-order valence-electron chi connectivity index (χ0n) is 9.11. The van der Waals surface area contributed by atoms with Crippen LogP contribution in [0.4, 0.5) is 5.69 Å². The van der Waals surface area contributed by atoms with E-state index in [0.717, 1.165) is 5.69 Å². The van der Waals surface area contributed by atoms with Crippen LogP contribution in [0.3, 0.4) is 0 Å². The van der Waals surface area contributed by atoms with Gasteiger partial charge in [-0.3, -0.25) is 4.79 Å². The van der Waals surface area contributed by atoms with Gasteiger partial charge in [0, 0.05) is 11.7 Å². The maximum absolute atomic E-state index is 11.2. The van der Waals surface area contributed by atoms with Crippen LogP contribution in [0.25, 0.3) is 0 Å². The molecule has 0 radical (unpaired) electrons. The number of halogens is 1. The molecule has 0 aromatic heterocycles. The van der Waals surface area contributed by atoms with Crippen molar-refractivity contribution >= 4 is 24.0 Å². The highest BCUT2D eigenvalue weighted by Crippen LogP contribution is 2.24. The van der Waals surface area contributed by atoms with E-state index in [2.05, 4.69) is 5.32 Å². The zero-order chi connectivity index (χ0) is 10.7. The van der Waals surface area contributed by atoms with E-state index in [1.165, 1.54) is 25.7 Å². The topological polar surface area (TPSA) is 55.1 Å². The maximum Gasteiger partial charge on any atom is 0.250 e. The van der Waals surface area contributed by atoms with Crippen molar-refractivity contribution in [2.45, 2.75) is 31.7 Å². The second-order valence-electron chi connectivity index (χ2n) is 4.04. The van der Waals surface area contributed by atoms with Gasteiger partial charge in [0.25, 0.3) is 5.91 Å². The summed E-state index contributed by atoms with van der Waals surface area (Å²) in [6, 6.07) is 7.94. The molecule has 1 saturated carbocycles. The average molecular weight is 241 g/mol.